The summed E-state index contributed by atoms with van der Waals surface area (Å²) in [4.78, 5) is 31.9. The molecule has 0 saturated carbocycles. The van der Waals surface area contributed by atoms with Crippen LogP contribution in [-0.2, 0) is 16.1 Å². The lowest BCUT2D eigenvalue weighted by molar-refractivity contribution is -0.140. The molecule has 1 atom stereocenters. The summed E-state index contributed by atoms with van der Waals surface area (Å²) in [6.07, 6.45) is 4.11. The van der Waals surface area contributed by atoms with Crippen LogP contribution in [0, 0.1) is 5.92 Å². The van der Waals surface area contributed by atoms with Crippen LogP contribution in [-0.4, -0.2) is 47.1 Å². The molecule has 0 spiro atoms. The van der Waals surface area contributed by atoms with Crippen LogP contribution in [0.15, 0.2) is 48.1 Å². The van der Waals surface area contributed by atoms with Crippen molar-refractivity contribution >= 4 is 28.4 Å². The Hall–Kier alpha value is -3.76. The molecule has 0 aliphatic carbocycles. The Morgan fingerprint density at radius 3 is 2.64 bits per heavy atom. The zero-order valence-corrected chi connectivity index (χ0v) is 20.6. The number of carbonyl (C=O) groups is 2. The molecule has 0 radical (unpaired) electrons. The first-order valence-corrected chi connectivity index (χ1v) is 11.6. The number of hydrogen-bond donors (Lipinski definition) is 5. The number of hydrogen-bond acceptors (Lipinski definition) is 5. The molecular formula is C25H31F3N6O2. The van der Waals surface area contributed by atoms with E-state index in [0.29, 0.717) is 24.4 Å². The van der Waals surface area contributed by atoms with E-state index in [2.05, 4.69) is 25.9 Å². The van der Waals surface area contributed by atoms with Gasteiger partial charge in [-0.25, -0.2) is 4.98 Å². The molecule has 0 saturated heterocycles. The molecule has 1 aliphatic heterocycles. The molecule has 2 aromatic rings. The topological polar surface area (TPSA) is 111 Å². The average Bonchev–Trinajstić information content (AvgIpc) is 3.22. The smallest absolute Gasteiger partial charge is 0.385 e. The van der Waals surface area contributed by atoms with E-state index < -0.39 is 24.7 Å². The number of nitrogens with zero attached hydrogens (tertiary/aromatic N) is 1. The van der Waals surface area contributed by atoms with Gasteiger partial charge < -0.3 is 26.3 Å². The first-order valence-electron chi connectivity index (χ1n) is 11.6. The number of nitrogens with one attached hydrogen (secondary N) is 5. The van der Waals surface area contributed by atoms with Gasteiger partial charge in [-0.2, -0.15) is 13.2 Å². The summed E-state index contributed by atoms with van der Waals surface area (Å²) in [5.41, 5.74) is 4.78. The van der Waals surface area contributed by atoms with Crippen molar-refractivity contribution in [2.24, 2.45) is 5.92 Å². The zero-order chi connectivity index (χ0) is 26.5. The number of carbonyl (C=O) groups excluding carboxylic acids is 2. The minimum atomic E-state index is -4.48. The lowest BCUT2D eigenvalue weighted by atomic mass is 10.00. The van der Waals surface area contributed by atoms with Crippen LogP contribution in [0.4, 0.5) is 13.2 Å². The number of dihydropyridines is 1. The summed E-state index contributed by atoms with van der Waals surface area (Å²) in [6, 6.07) is 1.10. The van der Waals surface area contributed by atoms with Gasteiger partial charge >= 0.3 is 6.18 Å². The highest BCUT2D eigenvalue weighted by molar-refractivity contribution is 5.92. The van der Waals surface area contributed by atoms with Crippen molar-refractivity contribution in [2.75, 3.05) is 13.1 Å². The van der Waals surface area contributed by atoms with Gasteiger partial charge in [0.15, 0.2) is 0 Å². The summed E-state index contributed by atoms with van der Waals surface area (Å²) in [6.45, 7) is 6.66. The number of alkyl halides is 3. The Labute approximate surface area is 207 Å². The number of fused-ring (bicyclic) bond motifs is 1. The van der Waals surface area contributed by atoms with E-state index >= 15 is 0 Å². The first-order chi connectivity index (χ1) is 16.9. The summed E-state index contributed by atoms with van der Waals surface area (Å²) in [5.74, 6) is -1.15. The molecule has 3 heterocycles. The van der Waals surface area contributed by atoms with Crippen molar-refractivity contribution in [3.63, 3.8) is 0 Å². The van der Waals surface area contributed by atoms with Gasteiger partial charge in [0, 0.05) is 48.7 Å². The number of allylic oxidation sites excluding steroid dienone is 2. The highest BCUT2D eigenvalue weighted by Crippen LogP contribution is 2.27. The molecule has 0 bridgehead atoms. The van der Waals surface area contributed by atoms with E-state index in [1.807, 2.05) is 37.5 Å². The lowest BCUT2D eigenvalue weighted by Gasteiger charge is -2.25. The molecule has 194 valence electrons. The molecule has 8 nitrogen and oxygen atoms in total. The normalized spacial score (nSPS) is 14.4. The maximum absolute atomic E-state index is 12.5. The minimum absolute atomic E-state index is 0.177. The number of rotatable bonds is 9. The molecule has 36 heavy (non-hydrogen) atoms. The van der Waals surface area contributed by atoms with Gasteiger partial charge in [0.1, 0.15) is 18.2 Å². The standard InChI is InChI=1S/C25H31F3N6O2/c1-14(2)5-21(35)30-8-16-6-19-20(12-32-23(19)31-9-16)17-7-18(11-29-10-17)34-22(15(3)4)24(36)33-13-25(26,27)28/h5-7,9,11-12,15,22,29,34H,8,10,13H2,1-4H3,(H,30,35)(H,31,32)(H,33,36). The summed E-state index contributed by atoms with van der Waals surface area (Å²) < 4.78 is 37.6. The lowest BCUT2D eigenvalue weighted by Crippen LogP contribution is -2.49. The molecule has 11 heteroatoms. The summed E-state index contributed by atoms with van der Waals surface area (Å²) in [5, 5.41) is 11.9. The van der Waals surface area contributed by atoms with E-state index in [0.717, 1.165) is 27.7 Å². The average molecular weight is 505 g/mol. The second kappa shape index (κ2) is 11.3. The Bertz CT molecular complexity index is 1210. The number of amides is 2. The highest BCUT2D eigenvalue weighted by atomic mass is 19.4. The number of halogens is 3. The molecule has 5 N–H and O–H groups in total. The van der Waals surface area contributed by atoms with Crippen molar-refractivity contribution in [1.82, 2.24) is 31.2 Å². The van der Waals surface area contributed by atoms with Crippen LogP contribution in [0.3, 0.4) is 0 Å². The minimum Gasteiger partial charge on any atom is -0.385 e. The van der Waals surface area contributed by atoms with Crippen LogP contribution >= 0.6 is 0 Å². The van der Waals surface area contributed by atoms with Crippen LogP contribution < -0.4 is 21.3 Å². The Morgan fingerprint density at radius 2 is 1.97 bits per heavy atom. The third-order valence-corrected chi connectivity index (χ3v) is 5.43. The van der Waals surface area contributed by atoms with E-state index in [1.165, 1.54) is 6.08 Å². The molecule has 2 amide bonds. The molecular weight excluding hydrogens is 473 g/mol. The summed E-state index contributed by atoms with van der Waals surface area (Å²) in [7, 11) is 0. The molecule has 3 rings (SSSR count). The van der Waals surface area contributed by atoms with Gasteiger partial charge in [0.05, 0.1) is 5.70 Å². The van der Waals surface area contributed by atoms with Gasteiger partial charge in [-0.15, -0.1) is 0 Å². The van der Waals surface area contributed by atoms with Crippen molar-refractivity contribution in [3.8, 4) is 0 Å². The fourth-order valence-corrected chi connectivity index (χ4v) is 3.73. The Kier molecular flexibility index (Phi) is 8.44. The van der Waals surface area contributed by atoms with Crippen molar-refractivity contribution in [2.45, 2.75) is 46.5 Å². The third-order valence-electron chi connectivity index (χ3n) is 5.43. The highest BCUT2D eigenvalue weighted by Gasteiger charge is 2.31. The van der Waals surface area contributed by atoms with Crippen molar-refractivity contribution < 1.29 is 22.8 Å². The van der Waals surface area contributed by atoms with Crippen molar-refractivity contribution in [3.05, 3.63) is 59.2 Å². The monoisotopic (exact) mass is 504 g/mol. The maximum atomic E-state index is 12.5. The zero-order valence-electron chi connectivity index (χ0n) is 20.6. The SMILES string of the molecule is CC(C)=CC(=O)NCc1cnc2[nH]cc(C3=CC(NC(C(=O)NCC(F)(F)F)C(C)C)=CNC3)c2c1. The van der Waals surface area contributed by atoms with Gasteiger partial charge in [0.2, 0.25) is 11.8 Å². The Balaban J connectivity index is 1.77. The van der Waals surface area contributed by atoms with Crippen LogP contribution in [0.2, 0.25) is 0 Å². The van der Waals surface area contributed by atoms with Gasteiger partial charge in [0.25, 0.3) is 0 Å². The van der Waals surface area contributed by atoms with Crippen LogP contribution in [0.1, 0.15) is 38.8 Å². The van der Waals surface area contributed by atoms with Gasteiger partial charge in [-0.1, -0.05) is 19.4 Å². The van der Waals surface area contributed by atoms with E-state index in [1.54, 1.807) is 26.2 Å². The second-order valence-electron chi connectivity index (χ2n) is 9.23. The maximum Gasteiger partial charge on any atom is 0.405 e. The third kappa shape index (κ3) is 7.37. The van der Waals surface area contributed by atoms with E-state index in [9.17, 15) is 22.8 Å². The molecule has 1 aliphatic rings. The molecule has 0 fully saturated rings. The van der Waals surface area contributed by atoms with Crippen molar-refractivity contribution in [1.29, 1.82) is 0 Å². The summed E-state index contributed by atoms with van der Waals surface area (Å²) >= 11 is 0. The molecule has 0 aromatic carbocycles. The Morgan fingerprint density at radius 1 is 1.22 bits per heavy atom. The number of pyridine rings is 1. The van der Waals surface area contributed by atoms with E-state index in [-0.39, 0.29) is 11.8 Å². The van der Waals surface area contributed by atoms with Crippen LogP contribution in [0.25, 0.3) is 16.6 Å². The number of aromatic amines is 1. The van der Waals surface area contributed by atoms with Gasteiger partial charge in [-0.05, 0) is 43.0 Å². The second-order valence-corrected chi connectivity index (χ2v) is 9.23. The predicted molar refractivity (Wildman–Crippen MR) is 132 cm³/mol. The molecule has 2 aromatic heterocycles. The quantitative estimate of drug-likeness (QED) is 0.337. The van der Waals surface area contributed by atoms with Crippen LogP contribution in [0.5, 0.6) is 0 Å². The number of H-pyrrole nitrogens is 1. The molecule has 1 unspecified atom stereocenters. The predicted octanol–water partition coefficient (Wildman–Crippen LogP) is 3.27. The largest absolute Gasteiger partial charge is 0.405 e. The van der Waals surface area contributed by atoms with Gasteiger partial charge in [-0.3, -0.25) is 9.59 Å². The number of aromatic nitrogens is 2. The van der Waals surface area contributed by atoms with E-state index in [4.69, 9.17) is 0 Å². The fraction of sp³-hybridized carbons (Fsp3) is 0.400. The first kappa shape index (κ1) is 26.8. The fourth-order valence-electron chi connectivity index (χ4n) is 3.73.